The third kappa shape index (κ3) is 4.23. The Bertz CT molecular complexity index is 859. The van der Waals surface area contributed by atoms with Crippen molar-refractivity contribution in [2.45, 2.75) is 26.9 Å². The molecule has 0 spiro atoms. The first-order valence-electron chi connectivity index (χ1n) is 8.04. The van der Waals surface area contributed by atoms with Gasteiger partial charge in [0, 0.05) is 24.5 Å². The summed E-state index contributed by atoms with van der Waals surface area (Å²) in [5.41, 5.74) is 2.10. The van der Waals surface area contributed by atoms with Crippen LogP contribution >= 0.6 is 0 Å². The average Bonchev–Trinajstić information content (AvgIpc) is 3.09. The molecule has 0 radical (unpaired) electrons. The van der Waals surface area contributed by atoms with E-state index in [-0.39, 0.29) is 12.5 Å². The fraction of sp³-hybridized carbons (Fsp3) is 0.211. The van der Waals surface area contributed by atoms with Gasteiger partial charge in [0.15, 0.2) is 6.61 Å². The number of aromatic nitrogens is 2. The third-order valence-corrected chi connectivity index (χ3v) is 3.62. The van der Waals surface area contributed by atoms with Gasteiger partial charge in [0.25, 0.3) is 5.91 Å². The van der Waals surface area contributed by atoms with Gasteiger partial charge in [0.05, 0.1) is 11.8 Å². The van der Waals surface area contributed by atoms with Gasteiger partial charge in [-0.3, -0.25) is 9.78 Å². The second-order valence-electron chi connectivity index (χ2n) is 5.55. The number of nitrogens with one attached hydrogen (secondary N) is 1. The van der Waals surface area contributed by atoms with Crippen molar-refractivity contribution in [3.63, 3.8) is 0 Å². The lowest BCUT2D eigenvalue weighted by molar-refractivity contribution is 0.102. The number of nitrogens with zero attached hydrogens (tertiary/aromatic N) is 2. The first-order valence-corrected chi connectivity index (χ1v) is 8.04. The topological polar surface area (TPSA) is 77.2 Å². The molecular formula is C19H19N3O3. The summed E-state index contributed by atoms with van der Waals surface area (Å²) in [6, 6.07) is 8.92. The Kier molecular flexibility index (Phi) is 5.09. The maximum absolute atomic E-state index is 12.6. The number of amides is 1. The number of aryl methyl sites for hydroxylation is 2. The molecule has 0 aliphatic heterocycles. The highest BCUT2D eigenvalue weighted by atomic mass is 16.5. The first-order chi connectivity index (χ1) is 12.2. The Hall–Kier alpha value is -3.15. The highest BCUT2D eigenvalue weighted by Crippen LogP contribution is 2.23. The number of oxazole rings is 1. The molecule has 0 saturated heterocycles. The molecule has 3 aromatic rings. The van der Waals surface area contributed by atoms with Crippen molar-refractivity contribution in [1.82, 2.24) is 9.97 Å². The van der Waals surface area contributed by atoms with E-state index >= 15 is 0 Å². The molecule has 1 N–H and O–H groups in total. The standard InChI is InChI=1S/C19H19N3O3/c1-3-15-11-21-18(25-15)12-24-17-5-4-13(2)10-16(17)19(23)22-14-6-8-20-9-7-14/h4-11H,3,12H2,1-2H3,(H,20,22,23). The van der Waals surface area contributed by atoms with Crippen molar-refractivity contribution >= 4 is 11.6 Å². The summed E-state index contributed by atoms with van der Waals surface area (Å²) in [7, 11) is 0. The van der Waals surface area contributed by atoms with Crippen LogP contribution in [0.15, 0.2) is 53.3 Å². The molecule has 0 fully saturated rings. The van der Waals surface area contributed by atoms with Crippen molar-refractivity contribution in [3.05, 3.63) is 71.7 Å². The molecule has 0 aliphatic rings. The Morgan fingerprint density at radius 2 is 2.04 bits per heavy atom. The van der Waals surface area contributed by atoms with Gasteiger partial charge < -0.3 is 14.5 Å². The SMILES string of the molecule is CCc1cnc(COc2ccc(C)cc2C(=O)Nc2ccncc2)o1. The van der Waals surface area contributed by atoms with Gasteiger partial charge >= 0.3 is 0 Å². The van der Waals surface area contributed by atoms with Crippen molar-refractivity contribution < 1.29 is 13.9 Å². The molecule has 6 heteroatoms. The van der Waals surface area contributed by atoms with Crippen LogP contribution in [0, 0.1) is 6.92 Å². The summed E-state index contributed by atoms with van der Waals surface area (Å²) < 4.78 is 11.3. The van der Waals surface area contributed by atoms with E-state index in [2.05, 4.69) is 15.3 Å². The van der Waals surface area contributed by atoms with Crippen LogP contribution in [0.3, 0.4) is 0 Å². The molecule has 0 unspecified atom stereocenters. The molecule has 2 heterocycles. The number of ether oxygens (including phenoxy) is 1. The molecule has 0 aliphatic carbocycles. The summed E-state index contributed by atoms with van der Waals surface area (Å²) in [5.74, 6) is 1.52. The summed E-state index contributed by atoms with van der Waals surface area (Å²) in [4.78, 5) is 20.7. The minimum atomic E-state index is -0.244. The number of carbonyl (C=O) groups is 1. The van der Waals surface area contributed by atoms with Crippen LogP contribution in [0.2, 0.25) is 0 Å². The zero-order valence-corrected chi connectivity index (χ0v) is 14.2. The molecule has 128 valence electrons. The molecule has 1 amide bonds. The number of hydrogen-bond donors (Lipinski definition) is 1. The fourth-order valence-electron chi connectivity index (χ4n) is 2.30. The van der Waals surface area contributed by atoms with Crippen LogP contribution in [0.5, 0.6) is 5.75 Å². The van der Waals surface area contributed by atoms with Crippen molar-refractivity contribution in [3.8, 4) is 5.75 Å². The van der Waals surface area contributed by atoms with Gasteiger partial charge in [-0.1, -0.05) is 18.6 Å². The second-order valence-corrected chi connectivity index (χ2v) is 5.55. The zero-order valence-electron chi connectivity index (χ0n) is 14.2. The molecule has 25 heavy (non-hydrogen) atoms. The molecular weight excluding hydrogens is 318 g/mol. The monoisotopic (exact) mass is 337 g/mol. The van der Waals surface area contributed by atoms with Crippen LogP contribution < -0.4 is 10.1 Å². The Morgan fingerprint density at radius 3 is 2.76 bits per heavy atom. The van der Waals surface area contributed by atoms with Crippen LogP contribution in [0.1, 0.15) is 34.5 Å². The number of pyridine rings is 1. The normalized spacial score (nSPS) is 10.5. The lowest BCUT2D eigenvalue weighted by Crippen LogP contribution is -2.14. The number of anilines is 1. The molecule has 3 rings (SSSR count). The van der Waals surface area contributed by atoms with E-state index in [0.717, 1.165) is 17.7 Å². The Balaban J connectivity index is 1.76. The largest absolute Gasteiger partial charge is 0.483 e. The minimum Gasteiger partial charge on any atom is -0.483 e. The lowest BCUT2D eigenvalue weighted by atomic mass is 10.1. The first kappa shape index (κ1) is 16.7. The van der Waals surface area contributed by atoms with E-state index in [1.807, 2.05) is 19.9 Å². The summed E-state index contributed by atoms with van der Waals surface area (Å²) in [6.07, 6.45) is 5.70. The molecule has 1 aromatic carbocycles. The zero-order chi connectivity index (χ0) is 17.6. The van der Waals surface area contributed by atoms with Gasteiger partial charge in [-0.15, -0.1) is 0 Å². The van der Waals surface area contributed by atoms with Crippen molar-refractivity contribution in [1.29, 1.82) is 0 Å². The van der Waals surface area contributed by atoms with Crippen LogP contribution in [-0.2, 0) is 13.0 Å². The maximum Gasteiger partial charge on any atom is 0.259 e. The highest BCUT2D eigenvalue weighted by Gasteiger charge is 2.14. The van der Waals surface area contributed by atoms with Crippen molar-refractivity contribution in [2.24, 2.45) is 0 Å². The van der Waals surface area contributed by atoms with Crippen molar-refractivity contribution in [2.75, 3.05) is 5.32 Å². The predicted octanol–water partition coefficient (Wildman–Crippen LogP) is 3.77. The van der Waals surface area contributed by atoms with E-state index in [1.54, 1.807) is 42.9 Å². The lowest BCUT2D eigenvalue weighted by Gasteiger charge is -2.11. The van der Waals surface area contributed by atoms with Crippen LogP contribution in [0.25, 0.3) is 0 Å². The van der Waals surface area contributed by atoms with Crippen LogP contribution in [-0.4, -0.2) is 15.9 Å². The molecule has 0 saturated carbocycles. The van der Waals surface area contributed by atoms with E-state index in [1.165, 1.54) is 0 Å². The van der Waals surface area contributed by atoms with Gasteiger partial charge in [-0.25, -0.2) is 4.98 Å². The molecule has 0 bridgehead atoms. The predicted molar refractivity (Wildman–Crippen MR) is 93.6 cm³/mol. The average molecular weight is 337 g/mol. The number of carbonyl (C=O) groups excluding carboxylic acids is 1. The quantitative estimate of drug-likeness (QED) is 0.741. The maximum atomic E-state index is 12.6. The molecule has 0 atom stereocenters. The number of hydrogen-bond acceptors (Lipinski definition) is 5. The number of benzene rings is 1. The van der Waals surface area contributed by atoms with E-state index in [4.69, 9.17) is 9.15 Å². The Labute approximate surface area is 145 Å². The van der Waals surface area contributed by atoms with E-state index < -0.39 is 0 Å². The second kappa shape index (κ2) is 7.61. The van der Waals surface area contributed by atoms with Gasteiger partial charge in [-0.05, 0) is 31.2 Å². The smallest absolute Gasteiger partial charge is 0.259 e. The van der Waals surface area contributed by atoms with Gasteiger partial charge in [0.2, 0.25) is 5.89 Å². The molecule has 2 aromatic heterocycles. The minimum absolute atomic E-state index is 0.165. The summed E-state index contributed by atoms with van der Waals surface area (Å²) in [5, 5.41) is 2.84. The van der Waals surface area contributed by atoms with Gasteiger partial charge in [-0.2, -0.15) is 0 Å². The van der Waals surface area contributed by atoms with Crippen LogP contribution in [0.4, 0.5) is 5.69 Å². The third-order valence-electron chi connectivity index (χ3n) is 3.62. The van der Waals surface area contributed by atoms with Gasteiger partial charge in [0.1, 0.15) is 11.5 Å². The summed E-state index contributed by atoms with van der Waals surface area (Å²) >= 11 is 0. The Morgan fingerprint density at radius 1 is 1.24 bits per heavy atom. The fourth-order valence-corrected chi connectivity index (χ4v) is 2.30. The number of rotatable bonds is 6. The highest BCUT2D eigenvalue weighted by molar-refractivity contribution is 6.06. The van der Waals surface area contributed by atoms with E-state index in [9.17, 15) is 4.79 Å². The molecule has 6 nitrogen and oxygen atoms in total. The summed E-state index contributed by atoms with van der Waals surface area (Å²) in [6.45, 7) is 4.08. The van der Waals surface area contributed by atoms with E-state index in [0.29, 0.717) is 22.9 Å².